The molecule has 0 saturated heterocycles. The molecule has 10 nitrogen and oxygen atoms in total. The molecule has 0 aromatic carbocycles. The Morgan fingerprint density at radius 2 is 1.88 bits per heavy atom. The van der Waals surface area contributed by atoms with E-state index in [0.717, 1.165) is 18.1 Å². The number of amides is 3. The van der Waals surface area contributed by atoms with Crippen LogP contribution in [-0.2, 0) is 30.8 Å². The first-order valence-corrected chi connectivity index (χ1v) is 12.2. The molecule has 0 aliphatic rings. The zero-order valence-corrected chi connectivity index (χ0v) is 19.7. The van der Waals surface area contributed by atoms with Crippen molar-refractivity contribution in [2.75, 3.05) is 18.1 Å². The van der Waals surface area contributed by atoms with E-state index in [2.05, 4.69) is 16.0 Å². The van der Waals surface area contributed by atoms with Crippen LogP contribution in [0.4, 0.5) is 5.69 Å². The number of hydrogen-bond donors (Lipinski definition) is 3. The van der Waals surface area contributed by atoms with Gasteiger partial charge in [0.1, 0.15) is 18.3 Å². The van der Waals surface area contributed by atoms with Crippen molar-refractivity contribution < 1.29 is 22.8 Å². The van der Waals surface area contributed by atoms with Gasteiger partial charge >= 0.3 is 0 Å². The predicted molar refractivity (Wildman–Crippen MR) is 123 cm³/mol. The molecule has 178 valence electrons. The number of nitrogens with zero attached hydrogens (tertiary/aromatic N) is 1. The molecule has 0 bridgehead atoms. The third-order valence-electron chi connectivity index (χ3n) is 4.30. The summed E-state index contributed by atoms with van der Waals surface area (Å²) in [6.45, 7) is 5.65. The van der Waals surface area contributed by atoms with Crippen LogP contribution < -0.4 is 21.5 Å². The molecular weight excluding hydrogens is 436 g/mol. The fourth-order valence-corrected chi connectivity index (χ4v) is 3.19. The number of carbonyl (C=O) groups excluding carboxylic acids is 3. The van der Waals surface area contributed by atoms with Crippen molar-refractivity contribution >= 4 is 33.2 Å². The second-order valence-corrected chi connectivity index (χ2v) is 9.84. The van der Waals surface area contributed by atoms with Gasteiger partial charge in [-0.1, -0.05) is 19.9 Å². The first-order chi connectivity index (χ1) is 14.9. The van der Waals surface area contributed by atoms with Crippen LogP contribution in [-0.4, -0.2) is 49.5 Å². The van der Waals surface area contributed by atoms with E-state index in [0.29, 0.717) is 12.5 Å². The largest absolute Gasteiger partial charge is 0.355 e. The summed E-state index contributed by atoms with van der Waals surface area (Å²) in [6, 6.07) is 1.96. The van der Waals surface area contributed by atoms with E-state index in [9.17, 15) is 27.6 Å². The van der Waals surface area contributed by atoms with Gasteiger partial charge in [-0.2, -0.15) is 0 Å². The van der Waals surface area contributed by atoms with Crippen molar-refractivity contribution in [2.24, 2.45) is 5.92 Å². The average molecular weight is 469 g/mol. The van der Waals surface area contributed by atoms with Crippen LogP contribution in [0.1, 0.15) is 40.0 Å². The molecule has 3 amide bonds. The highest BCUT2D eigenvalue weighted by molar-refractivity contribution is 7.93. The number of allylic oxidation sites excluding steroid dienone is 1. The number of carbonyl (C=O) groups is 3. The Balaban J connectivity index is 2.84. The molecule has 1 aromatic heterocycles. The number of anilines is 1. The van der Waals surface area contributed by atoms with Crippen molar-refractivity contribution in [3.63, 3.8) is 0 Å². The fourth-order valence-electron chi connectivity index (χ4n) is 2.71. The third kappa shape index (κ3) is 10.9. The molecule has 0 aliphatic heterocycles. The van der Waals surface area contributed by atoms with Crippen molar-refractivity contribution in [3.8, 4) is 0 Å². The number of sulfone groups is 1. The molecule has 0 radical (unpaired) electrons. The number of pyridine rings is 1. The molecule has 0 aliphatic carbocycles. The maximum Gasteiger partial charge on any atom is 0.274 e. The number of aromatic nitrogens is 1. The molecule has 1 heterocycles. The molecule has 1 unspecified atom stereocenters. The Morgan fingerprint density at radius 1 is 1.19 bits per heavy atom. The monoisotopic (exact) mass is 468 g/mol. The summed E-state index contributed by atoms with van der Waals surface area (Å²) < 4.78 is 23.5. The van der Waals surface area contributed by atoms with E-state index < -0.39 is 33.3 Å². The van der Waals surface area contributed by atoms with Crippen LogP contribution in [0, 0.1) is 5.92 Å². The van der Waals surface area contributed by atoms with Crippen LogP contribution in [0.5, 0.6) is 0 Å². The standard InChI is InChI=1S/C21H32N4O6S/c1-15(2)10-11-22-19(27)14-25-12-7-9-18(21(25)29)24-20(28)17(23-16(3)26)8-5-6-13-32(4,30)31/h6-7,9,12-13,15,17H,5,8,10-11,14H2,1-4H3,(H,22,27)(H,23,26)(H,24,28). The van der Waals surface area contributed by atoms with E-state index in [4.69, 9.17) is 0 Å². The lowest BCUT2D eigenvalue weighted by molar-refractivity contribution is -0.125. The predicted octanol–water partition coefficient (Wildman–Crippen LogP) is 0.792. The number of rotatable bonds is 12. The van der Waals surface area contributed by atoms with Crippen LogP contribution >= 0.6 is 0 Å². The number of nitrogens with one attached hydrogen (secondary N) is 3. The lowest BCUT2D eigenvalue weighted by Crippen LogP contribution is -2.43. The first kappa shape index (κ1) is 27.1. The van der Waals surface area contributed by atoms with Crippen LogP contribution in [0.15, 0.2) is 34.6 Å². The Labute approximate surface area is 188 Å². The second kappa shape index (κ2) is 12.8. The van der Waals surface area contributed by atoms with E-state index >= 15 is 0 Å². The summed E-state index contributed by atoms with van der Waals surface area (Å²) in [5.74, 6) is -0.940. The van der Waals surface area contributed by atoms with Gasteiger partial charge < -0.3 is 20.5 Å². The van der Waals surface area contributed by atoms with Gasteiger partial charge in [-0.15, -0.1) is 0 Å². The SMILES string of the molecule is CC(=O)NC(CCC=CS(C)(=O)=O)C(=O)Nc1cccn(CC(=O)NCCC(C)C)c1=O. The molecule has 0 spiro atoms. The highest BCUT2D eigenvalue weighted by atomic mass is 32.2. The maximum atomic E-state index is 12.6. The molecule has 0 fully saturated rings. The normalized spacial score (nSPS) is 12.5. The fraction of sp³-hybridized carbons (Fsp3) is 0.524. The van der Waals surface area contributed by atoms with Crippen LogP contribution in [0.25, 0.3) is 0 Å². The van der Waals surface area contributed by atoms with Gasteiger partial charge in [-0.3, -0.25) is 19.2 Å². The van der Waals surface area contributed by atoms with E-state index in [1.165, 1.54) is 35.9 Å². The van der Waals surface area contributed by atoms with Gasteiger partial charge in [0.2, 0.25) is 17.7 Å². The van der Waals surface area contributed by atoms with Crippen molar-refractivity contribution in [2.45, 2.75) is 52.6 Å². The number of hydrogen-bond acceptors (Lipinski definition) is 6. The maximum absolute atomic E-state index is 12.6. The van der Waals surface area contributed by atoms with Crippen molar-refractivity contribution in [3.05, 3.63) is 40.2 Å². The molecule has 32 heavy (non-hydrogen) atoms. The zero-order chi connectivity index (χ0) is 24.3. The summed E-state index contributed by atoms with van der Waals surface area (Å²) in [7, 11) is -3.29. The molecule has 3 N–H and O–H groups in total. The quantitative estimate of drug-likeness (QED) is 0.414. The minimum absolute atomic E-state index is 0.0329. The van der Waals surface area contributed by atoms with E-state index in [1.54, 1.807) is 0 Å². The molecule has 1 aromatic rings. The molecular formula is C21H32N4O6S. The van der Waals surface area contributed by atoms with Crippen LogP contribution in [0.2, 0.25) is 0 Å². The van der Waals surface area contributed by atoms with Crippen molar-refractivity contribution in [1.82, 2.24) is 15.2 Å². The highest BCUT2D eigenvalue weighted by Crippen LogP contribution is 2.06. The minimum Gasteiger partial charge on any atom is -0.355 e. The molecule has 1 rings (SSSR count). The van der Waals surface area contributed by atoms with Crippen molar-refractivity contribution in [1.29, 1.82) is 0 Å². The van der Waals surface area contributed by atoms with Crippen LogP contribution in [0.3, 0.4) is 0 Å². The van der Waals surface area contributed by atoms with Gasteiger partial charge in [0, 0.05) is 31.3 Å². The molecule has 1 atom stereocenters. The molecule has 11 heteroatoms. The van der Waals surface area contributed by atoms with Gasteiger partial charge in [-0.25, -0.2) is 8.42 Å². The lowest BCUT2D eigenvalue weighted by Gasteiger charge is -2.17. The second-order valence-electron chi connectivity index (χ2n) is 7.91. The van der Waals surface area contributed by atoms with Gasteiger partial charge in [0.25, 0.3) is 5.56 Å². The summed E-state index contributed by atoms with van der Waals surface area (Å²) in [6.07, 6.45) is 5.07. The van der Waals surface area contributed by atoms with Gasteiger partial charge in [0.15, 0.2) is 9.84 Å². The molecule has 0 saturated carbocycles. The Kier molecular flexibility index (Phi) is 10.8. The Bertz CT molecular complexity index is 998. The summed E-state index contributed by atoms with van der Waals surface area (Å²) >= 11 is 0. The topological polar surface area (TPSA) is 143 Å². The lowest BCUT2D eigenvalue weighted by atomic mass is 10.1. The summed E-state index contributed by atoms with van der Waals surface area (Å²) in [5, 5.41) is 8.74. The zero-order valence-electron chi connectivity index (χ0n) is 18.9. The third-order valence-corrected chi connectivity index (χ3v) is 4.98. The highest BCUT2D eigenvalue weighted by Gasteiger charge is 2.20. The smallest absolute Gasteiger partial charge is 0.274 e. The average Bonchev–Trinajstić information content (AvgIpc) is 2.66. The van der Waals surface area contributed by atoms with E-state index in [-0.39, 0.29) is 31.0 Å². The first-order valence-electron chi connectivity index (χ1n) is 10.3. The van der Waals surface area contributed by atoms with Gasteiger partial charge in [-0.05, 0) is 37.3 Å². The Morgan fingerprint density at radius 3 is 2.47 bits per heavy atom. The van der Waals surface area contributed by atoms with Gasteiger partial charge in [0.05, 0.1) is 0 Å². The minimum atomic E-state index is -3.29. The summed E-state index contributed by atoms with van der Waals surface area (Å²) in [4.78, 5) is 48.8. The summed E-state index contributed by atoms with van der Waals surface area (Å²) in [5.41, 5.74) is -0.590. The van der Waals surface area contributed by atoms with E-state index in [1.807, 2.05) is 13.8 Å². The Hall–Kier alpha value is -2.95.